The number of hydrogen-bond acceptors (Lipinski definition) is 5. The number of rotatable bonds is 2. The highest BCUT2D eigenvalue weighted by Gasteiger charge is 2.36. The van der Waals surface area contributed by atoms with Gasteiger partial charge in [0.25, 0.3) is 0 Å². The Morgan fingerprint density at radius 3 is 1.58 bits per heavy atom. The average molecular weight is 290 g/mol. The topological polar surface area (TPSA) is 43.4 Å². The Labute approximate surface area is 118 Å². The molecule has 96 valence electrons. The number of carbonyl (C=O) groups is 2. The van der Waals surface area contributed by atoms with Crippen LogP contribution in [0.5, 0.6) is 0 Å². The van der Waals surface area contributed by atoms with E-state index < -0.39 is 11.9 Å². The zero-order valence-corrected chi connectivity index (χ0v) is 12.0. The molecule has 0 unspecified atom stereocenters. The summed E-state index contributed by atoms with van der Waals surface area (Å²) in [6.07, 6.45) is 0. The van der Waals surface area contributed by atoms with E-state index in [1.807, 2.05) is 36.7 Å². The highest BCUT2D eigenvalue weighted by atomic mass is 32.1. The van der Waals surface area contributed by atoms with E-state index in [1.54, 1.807) is 22.7 Å². The molecular weight excluding hydrogens is 280 g/mol. The number of aryl methyl sites for hydroxylation is 2. The van der Waals surface area contributed by atoms with Crippen molar-refractivity contribution in [1.82, 2.24) is 0 Å². The lowest BCUT2D eigenvalue weighted by Gasteiger charge is -2.01. The normalized spacial score (nSPS) is 15.3. The molecule has 2 aromatic rings. The summed E-state index contributed by atoms with van der Waals surface area (Å²) in [4.78, 5) is 25.9. The van der Waals surface area contributed by atoms with Crippen molar-refractivity contribution in [3.63, 3.8) is 0 Å². The molecule has 0 bridgehead atoms. The van der Waals surface area contributed by atoms with E-state index in [2.05, 4.69) is 0 Å². The van der Waals surface area contributed by atoms with Gasteiger partial charge in [0.05, 0.1) is 11.1 Å². The molecule has 0 N–H and O–H groups in total. The quantitative estimate of drug-likeness (QED) is 0.629. The summed E-state index contributed by atoms with van der Waals surface area (Å²) in [5, 5.41) is 3.82. The van der Waals surface area contributed by atoms with Gasteiger partial charge >= 0.3 is 11.9 Å². The second-order valence-corrected chi connectivity index (χ2v) is 6.45. The maximum absolute atomic E-state index is 12.0. The highest BCUT2D eigenvalue weighted by molar-refractivity contribution is 7.10. The molecule has 0 saturated heterocycles. The van der Waals surface area contributed by atoms with Crippen LogP contribution in [-0.2, 0) is 14.3 Å². The molecule has 0 aliphatic carbocycles. The summed E-state index contributed by atoms with van der Waals surface area (Å²) >= 11 is 3.09. The molecule has 5 heteroatoms. The van der Waals surface area contributed by atoms with Crippen LogP contribution >= 0.6 is 22.7 Å². The number of ether oxygens (including phenoxy) is 1. The lowest BCUT2D eigenvalue weighted by molar-refractivity contribution is -0.149. The van der Waals surface area contributed by atoms with Gasteiger partial charge in [-0.25, -0.2) is 9.59 Å². The van der Waals surface area contributed by atoms with Gasteiger partial charge in [-0.3, -0.25) is 0 Å². The number of thiophene rings is 2. The Kier molecular flexibility index (Phi) is 2.88. The predicted octanol–water partition coefficient (Wildman–Crippen LogP) is 3.42. The van der Waals surface area contributed by atoms with Crippen molar-refractivity contribution >= 4 is 45.8 Å². The minimum atomic E-state index is -0.549. The molecular formula is C14H10O3S2. The predicted molar refractivity (Wildman–Crippen MR) is 76.0 cm³/mol. The zero-order valence-electron chi connectivity index (χ0n) is 10.4. The first-order valence-corrected chi connectivity index (χ1v) is 7.45. The van der Waals surface area contributed by atoms with Crippen LogP contribution in [0.1, 0.15) is 20.9 Å². The summed E-state index contributed by atoms with van der Waals surface area (Å²) in [5.74, 6) is -1.10. The van der Waals surface area contributed by atoms with Crippen molar-refractivity contribution in [2.24, 2.45) is 0 Å². The molecule has 3 heterocycles. The lowest BCUT2D eigenvalue weighted by Crippen LogP contribution is -2.02. The minimum absolute atomic E-state index is 0.394. The van der Waals surface area contributed by atoms with E-state index in [0.29, 0.717) is 11.1 Å². The molecule has 0 saturated carbocycles. The smallest absolute Gasteiger partial charge is 0.347 e. The molecule has 2 aromatic heterocycles. The summed E-state index contributed by atoms with van der Waals surface area (Å²) in [6, 6.07) is 3.72. The zero-order chi connectivity index (χ0) is 13.6. The molecule has 0 atom stereocenters. The van der Waals surface area contributed by atoms with Gasteiger partial charge in [0.15, 0.2) is 0 Å². The SMILES string of the molecule is Cc1sccc1C1=C(c2ccsc2C)C(=O)OC1=O. The molecule has 19 heavy (non-hydrogen) atoms. The molecule has 0 amide bonds. The monoisotopic (exact) mass is 290 g/mol. The van der Waals surface area contributed by atoms with Crippen molar-refractivity contribution in [2.45, 2.75) is 13.8 Å². The average Bonchev–Trinajstić information content (AvgIpc) is 3.00. The fourth-order valence-corrected chi connectivity index (χ4v) is 3.58. The fourth-order valence-electron chi connectivity index (χ4n) is 2.17. The van der Waals surface area contributed by atoms with Gasteiger partial charge in [0, 0.05) is 20.9 Å². The molecule has 0 radical (unpaired) electrons. The number of esters is 2. The van der Waals surface area contributed by atoms with Crippen LogP contribution in [0, 0.1) is 13.8 Å². The van der Waals surface area contributed by atoms with Gasteiger partial charge < -0.3 is 4.74 Å². The second-order valence-electron chi connectivity index (χ2n) is 4.21. The first-order valence-electron chi connectivity index (χ1n) is 5.69. The number of hydrogen-bond donors (Lipinski definition) is 0. The van der Waals surface area contributed by atoms with Crippen molar-refractivity contribution in [1.29, 1.82) is 0 Å². The van der Waals surface area contributed by atoms with Crippen molar-refractivity contribution in [3.05, 3.63) is 43.8 Å². The van der Waals surface area contributed by atoms with Crippen LogP contribution in [-0.4, -0.2) is 11.9 Å². The largest absolute Gasteiger partial charge is 0.386 e. The van der Waals surface area contributed by atoms with Crippen LogP contribution in [0.25, 0.3) is 11.1 Å². The number of carbonyl (C=O) groups excluding carboxylic acids is 2. The minimum Gasteiger partial charge on any atom is -0.386 e. The first-order chi connectivity index (χ1) is 9.09. The van der Waals surface area contributed by atoms with E-state index in [9.17, 15) is 9.59 Å². The maximum atomic E-state index is 12.0. The molecule has 0 spiro atoms. The Morgan fingerprint density at radius 2 is 1.26 bits per heavy atom. The standard InChI is InChI=1S/C14H10O3S2/c1-7-9(3-5-18-7)11-12(14(16)17-13(11)15)10-4-6-19-8(10)2/h3-6H,1-2H3. The van der Waals surface area contributed by atoms with Crippen molar-refractivity contribution < 1.29 is 14.3 Å². The fraction of sp³-hybridized carbons (Fsp3) is 0.143. The van der Waals surface area contributed by atoms with Crippen molar-refractivity contribution in [2.75, 3.05) is 0 Å². The van der Waals surface area contributed by atoms with Gasteiger partial charge in [-0.2, -0.15) is 0 Å². The first kappa shape index (κ1) is 12.3. The molecule has 1 aliphatic rings. The maximum Gasteiger partial charge on any atom is 0.347 e. The van der Waals surface area contributed by atoms with Gasteiger partial charge in [0.2, 0.25) is 0 Å². The van der Waals surface area contributed by atoms with E-state index in [1.165, 1.54) is 0 Å². The summed E-state index contributed by atoms with van der Waals surface area (Å²) in [5.41, 5.74) is 2.37. The highest BCUT2D eigenvalue weighted by Crippen LogP contribution is 2.38. The second kappa shape index (κ2) is 4.43. The molecule has 3 nitrogen and oxygen atoms in total. The Bertz CT molecular complexity index is 658. The van der Waals surface area contributed by atoms with Crippen molar-refractivity contribution in [3.8, 4) is 0 Å². The van der Waals surface area contributed by atoms with E-state index in [0.717, 1.165) is 20.9 Å². The van der Waals surface area contributed by atoms with E-state index in [4.69, 9.17) is 4.74 Å². The Balaban J connectivity index is 2.29. The van der Waals surface area contributed by atoms with Gasteiger partial charge in [0.1, 0.15) is 0 Å². The van der Waals surface area contributed by atoms with Crippen LogP contribution in [0.2, 0.25) is 0 Å². The van der Waals surface area contributed by atoms with Gasteiger partial charge in [-0.1, -0.05) is 0 Å². The van der Waals surface area contributed by atoms with E-state index in [-0.39, 0.29) is 0 Å². The summed E-state index contributed by atoms with van der Waals surface area (Å²) < 4.78 is 4.80. The third-order valence-electron chi connectivity index (χ3n) is 3.10. The molecule has 0 aromatic carbocycles. The summed E-state index contributed by atoms with van der Waals surface area (Å²) in [6.45, 7) is 3.86. The van der Waals surface area contributed by atoms with Crippen LogP contribution in [0.15, 0.2) is 22.9 Å². The van der Waals surface area contributed by atoms with Gasteiger partial charge in [-0.05, 0) is 36.7 Å². The van der Waals surface area contributed by atoms with Crippen LogP contribution in [0.3, 0.4) is 0 Å². The Morgan fingerprint density at radius 1 is 0.842 bits per heavy atom. The third-order valence-corrected chi connectivity index (χ3v) is 4.79. The van der Waals surface area contributed by atoms with Gasteiger partial charge in [-0.15, -0.1) is 22.7 Å². The summed E-state index contributed by atoms with van der Waals surface area (Å²) in [7, 11) is 0. The number of cyclic esters (lactones) is 2. The Hall–Kier alpha value is -1.72. The molecule has 3 rings (SSSR count). The van der Waals surface area contributed by atoms with Crippen LogP contribution < -0.4 is 0 Å². The molecule has 0 fully saturated rings. The van der Waals surface area contributed by atoms with Crippen LogP contribution in [0.4, 0.5) is 0 Å². The van der Waals surface area contributed by atoms with E-state index >= 15 is 0 Å². The lowest BCUT2D eigenvalue weighted by atomic mass is 9.97. The molecule has 1 aliphatic heterocycles. The third kappa shape index (κ3) is 1.86.